The number of carbonyl (C=O) groups excluding carboxylic acids is 1. The molecule has 1 aromatic heterocycles. The van der Waals surface area contributed by atoms with Crippen LogP contribution < -0.4 is 10.6 Å². The predicted octanol–water partition coefficient (Wildman–Crippen LogP) is 2.57. The average Bonchev–Trinajstić information content (AvgIpc) is 2.35. The van der Waals surface area contributed by atoms with Gasteiger partial charge < -0.3 is 10.6 Å². The molecule has 0 aliphatic heterocycles. The van der Waals surface area contributed by atoms with Crippen molar-refractivity contribution in [3.05, 3.63) is 23.6 Å². The molecule has 0 bridgehead atoms. The molecule has 0 saturated heterocycles. The molecule has 0 spiro atoms. The Bertz CT molecular complexity index is 446. The largest absolute Gasteiger partial charge is 0.369 e. The fourth-order valence-corrected chi connectivity index (χ4v) is 2.03. The Morgan fingerprint density at radius 3 is 2.95 bits per heavy atom. The number of nitrogens with zero attached hydrogens (tertiary/aromatic N) is 1. The van der Waals surface area contributed by atoms with Crippen LogP contribution >= 0.6 is 0 Å². The maximum Gasteiger partial charge on any atom is 0.255 e. The Morgan fingerprint density at radius 1 is 1.53 bits per heavy atom. The van der Waals surface area contributed by atoms with Crippen LogP contribution in [0, 0.1) is 11.7 Å². The first-order valence-electron chi connectivity index (χ1n) is 6.88. The highest BCUT2D eigenvalue weighted by atomic mass is 19.1. The summed E-state index contributed by atoms with van der Waals surface area (Å²) in [6, 6.07) is 1.24. The molecule has 1 fully saturated rings. The summed E-state index contributed by atoms with van der Waals surface area (Å²) in [6.45, 7) is 3.40. The number of nitrogens with one attached hydrogen (secondary N) is 2. The van der Waals surface area contributed by atoms with Gasteiger partial charge in [0.1, 0.15) is 11.6 Å². The number of anilines is 1. The molecule has 1 amide bonds. The molecule has 4 nitrogen and oxygen atoms in total. The van der Waals surface area contributed by atoms with Gasteiger partial charge in [0.2, 0.25) is 0 Å². The van der Waals surface area contributed by atoms with E-state index in [2.05, 4.69) is 15.6 Å². The monoisotopic (exact) mass is 265 g/mol. The smallest absolute Gasteiger partial charge is 0.255 e. The van der Waals surface area contributed by atoms with Gasteiger partial charge in [0.15, 0.2) is 0 Å². The molecule has 2 N–H and O–H groups in total. The van der Waals surface area contributed by atoms with Gasteiger partial charge in [-0.05, 0) is 31.2 Å². The van der Waals surface area contributed by atoms with Crippen molar-refractivity contribution in [3.8, 4) is 0 Å². The molecule has 19 heavy (non-hydrogen) atoms. The van der Waals surface area contributed by atoms with E-state index in [4.69, 9.17) is 0 Å². The topological polar surface area (TPSA) is 54.0 Å². The van der Waals surface area contributed by atoms with E-state index in [1.807, 2.05) is 6.92 Å². The van der Waals surface area contributed by atoms with E-state index in [9.17, 15) is 9.18 Å². The van der Waals surface area contributed by atoms with Crippen LogP contribution in [0.3, 0.4) is 0 Å². The lowest BCUT2D eigenvalue weighted by Crippen LogP contribution is -2.32. The third-order valence-electron chi connectivity index (χ3n) is 3.42. The third-order valence-corrected chi connectivity index (χ3v) is 3.42. The number of rotatable bonds is 6. The molecule has 1 aromatic rings. The number of hydrogen-bond acceptors (Lipinski definition) is 3. The van der Waals surface area contributed by atoms with Crippen LogP contribution in [0.5, 0.6) is 0 Å². The van der Waals surface area contributed by atoms with Crippen LogP contribution in [-0.2, 0) is 0 Å². The number of hydrogen-bond donors (Lipinski definition) is 2. The average molecular weight is 265 g/mol. The summed E-state index contributed by atoms with van der Waals surface area (Å²) >= 11 is 0. The number of carbonyl (C=O) groups is 1. The zero-order valence-corrected chi connectivity index (χ0v) is 11.2. The van der Waals surface area contributed by atoms with E-state index >= 15 is 0 Å². The summed E-state index contributed by atoms with van der Waals surface area (Å²) in [5, 5.41) is 5.91. The number of pyridine rings is 1. The molecular formula is C14H20FN3O. The molecule has 1 saturated carbocycles. The van der Waals surface area contributed by atoms with E-state index in [-0.39, 0.29) is 11.5 Å². The Hall–Kier alpha value is -1.65. The van der Waals surface area contributed by atoms with Crippen molar-refractivity contribution in [3.63, 3.8) is 0 Å². The maximum atomic E-state index is 13.2. The first-order valence-corrected chi connectivity index (χ1v) is 6.88. The molecule has 1 heterocycles. The van der Waals surface area contributed by atoms with E-state index < -0.39 is 5.82 Å². The van der Waals surface area contributed by atoms with Gasteiger partial charge in [-0.1, -0.05) is 13.3 Å². The van der Waals surface area contributed by atoms with Gasteiger partial charge in [-0.15, -0.1) is 0 Å². The molecule has 1 aliphatic rings. The van der Waals surface area contributed by atoms with Crippen LogP contribution in [0.1, 0.15) is 43.0 Å². The van der Waals surface area contributed by atoms with Crippen LogP contribution in [0.4, 0.5) is 10.2 Å². The highest BCUT2D eigenvalue weighted by Crippen LogP contribution is 2.25. The first-order chi connectivity index (χ1) is 9.20. The molecule has 0 atom stereocenters. The lowest BCUT2D eigenvalue weighted by atomic mass is 9.85. The van der Waals surface area contributed by atoms with Crippen molar-refractivity contribution >= 4 is 11.7 Å². The van der Waals surface area contributed by atoms with Crippen molar-refractivity contribution in [1.82, 2.24) is 10.3 Å². The van der Waals surface area contributed by atoms with Crippen molar-refractivity contribution in [2.24, 2.45) is 5.92 Å². The maximum absolute atomic E-state index is 13.2. The van der Waals surface area contributed by atoms with Crippen LogP contribution in [0.15, 0.2) is 12.3 Å². The molecule has 0 aromatic carbocycles. The second-order valence-electron chi connectivity index (χ2n) is 4.98. The Labute approximate surface area is 112 Å². The van der Waals surface area contributed by atoms with Gasteiger partial charge in [-0.3, -0.25) is 4.79 Å². The van der Waals surface area contributed by atoms with Crippen LogP contribution in [0.2, 0.25) is 0 Å². The van der Waals surface area contributed by atoms with Gasteiger partial charge in [0, 0.05) is 13.1 Å². The van der Waals surface area contributed by atoms with Crippen molar-refractivity contribution in [2.45, 2.75) is 32.6 Å². The molecular weight excluding hydrogens is 245 g/mol. The lowest BCUT2D eigenvalue weighted by Gasteiger charge is -2.25. The minimum Gasteiger partial charge on any atom is -0.369 e. The number of halogens is 1. The second-order valence-corrected chi connectivity index (χ2v) is 4.98. The van der Waals surface area contributed by atoms with Gasteiger partial charge in [-0.2, -0.15) is 0 Å². The summed E-state index contributed by atoms with van der Waals surface area (Å²) in [6.07, 6.45) is 5.62. The lowest BCUT2D eigenvalue weighted by molar-refractivity contribution is 0.0939. The van der Waals surface area contributed by atoms with Crippen molar-refractivity contribution < 1.29 is 9.18 Å². The van der Waals surface area contributed by atoms with Crippen molar-refractivity contribution in [1.29, 1.82) is 0 Å². The van der Waals surface area contributed by atoms with E-state index in [1.54, 1.807) is 0 Å². The summed E-state index contributed by atoms with van der Waals surface area (Å²) in [5.41, 5.74) is 0.285. The standard InChI is InChI=1S/C14H20FN3O/c1-2-6-16-13-12(7-11(15)9-17-13)14(19)18-8-10-4-3-5-10/h7,9-10H,2-6,8H2,1H3,(H,16,17)(H,18,19). The summed E-state index contributed by atoms with van der Waals surface area (Å²) in [5.74, 6) is 0.292. The summed E-state index contributed by atoms with van der Waals surface area (Å²) < 4.78 is 13.2. The van der Waals surface area contributed by atoms with Crippen LogP contribution in [-0.4, -0.2) is 24.0 Å². The van der Waals surface area contributed by atoms with E-state index in [0.717, 1.165) is 12.6 Å². The molecule has 0 radical (unpaired) electrons. The second kappa shape index (κ2) is 6.50. The van der Waals surface area contributed by atoms with E-state index in [0.29, 0.717) is 24.8 Å². The zero-order valence-electron chi connectivity index (χ0n) is 11.2. The highest BCUT2D eigenvalue weighted by molar-refractivity contribution is 5.98. The highest BCUT2D eigenvalue weighted by Gasteiger charge is 2.20. The number of amides is 1. The van der Waals surface area contributed by atoms with Gasteiger partial charge in [-0.25, -0.2) is 9.37 Å². The minimum atomic E-state index is -0.490. The summed E-state index contributed by atoms with van der Waals surface area (Å²) in [7, 11) is 0. The Morgan fingerprint density at radius 2 is 2.32 bits per heavy atom. The quantitative estimate of drug-likeness (QED) is 0.831. The Kier molecular flexibility index (Phi) is 4.71. The minimum absolute atomic E-state index is 0.252. The molecule has 5 heteroatoms. The molecule has 1 aliphatic carbocycles. The van der Waals surface area contributed by atoms with Gasteiger partial charge >= 0.3 is 0 Å². The normalized spacial score (nSPS) is 14.8. The van der Waals surface area contributed by atoms with Crippen LogP contribution in [0.25, 0.3) is 0 Å². The molecule has 104 valence electrons. The summed E-state index contributed by atoms with van der Waals surface area (Å²) in [4.78, 5) is 16.0. The zero-order chi connectivity index (χ0) is 13.7. The fourth-order valence-electron chi connectivity index (χ4n) is 2.03. The van der Waals surface area contributed by atoms with Gasteiger partial charge in [0.25, 0.3) is 5.91 Å². The van der Waals surface area contributed by atoms with E-state index in [1.165, 1.54) is 25.3 Å². The number of aromatic nitrogens is 1. The predicted molar refractivity (Wildman–Crippen MR) is 72.6 cm³/mol. The van der Waals surface area contributed by atoms with Crippen molar-refractivity contribution in [2.75, 3.05) is 18.4 Å². The van der Waals surface area contributed by atoms with Gasteiger partial charge in [0.05, 0.1) is 11.8 Å². The first kappa shape index (κ1) is 13.8. The Balaban J connectivity index is 2.02. The fraction of sp³-hybridized carbons (Fsp3) is 0.571. The third kappa shape index (κ3) is 3.66. The molecule has 2 rings (SSSR count). The molecule has 0 unspecified atom stereocenters. The SMILES string of the molecule is CCCNc1ncc(F)cc1C(=O)NCC1CCC1.